The number of azo groups is 2. The number of nitrogens with zero attached hydrogens (tertiary/aromatic N) is 3. The fourth-order valence-corrected chi connectivity index (χ4v) is 3.07. The number of benzene rings is 2. The predicted molar refractivity (Wildman–Crippen MR) is 76.6 cm³/mol. The van der Waals surface area contributed by atoms with Crippen LogP contribution in [0.15, 0.2) is 52.5 Å². The van der Waals surface area contributed by atoms with Crippen molar-refractivity contribution >= 4 is 28.8 Å². The Hall–Kier alpha value is -2.12. The molecular formula is C15H12N3S+. The van der Waals surface area contributed by atoms with Gasteiger partial charge in [0.2, 0.25) is 11.6 Å². The number of rotatable bonds is 1. The average Bonchev–Trinajstić information content (AvgIpc) is 2.47. The summed E-state index contributed by atoms with van der Waals surface area (Å²) in [5.74, 6) is 0.801. The molecule has 0 radical (unpaired) electrons. The Balaban J connectivity index is 2.10. The first kappa shape index (κ1) is 11.9. The highest BCUT2D eigenvalue weighted by molar-refractivity contribution is 7.99. The quantitative estimate of drug-likeness (QED) is 0.523. The van der Waals surface area contributed by atoms with Gasteiger partial charge in [0.15, 0.2) is 5.69 Å². The highest BCUT2D eigenvalue weighted by Crippen LogP contribution is 2.40. The molecule has 2 aromatic rings. The highest BCUT2D eigenvalue weighted by Gasteiger charge is 2.22. The number of aryl methyl sites for hydroxylation is 1. The maximum Gasteiger partial charge on any atom is 0.232 e. The molecule has 1 heterocycles. The van der Waals surface area contributed by atoms with Crippen LogP contribution in [0.25, 0.3) is 4.85 Å². The van der Waals surface area contributed by atoms with E-state index in [0.29, 0.717) is 5.69 Å². The molecule has 3 rings (SSSR count). The van der Waals surface area contributed by atoms with Gasteiger partial charge in [-0.3, -0.25) is 0 Å². The van der Waals surface area contributed by atoms with Gasteiger partial charge in [0.1, 0.15) is 5.69 Å². The number of hydrogen-bond donors (Lipinski definition) is 0. The molecule has 0 fully saturated rings. The zero-order valence-electron chi connectivity index (χ0n) is 10.5. The minimum atomic E-state index is 0.649. The summed E-state index contributed by atoms with van der Waals surface area (Å²) in [5.41, 5.74) is 3.75. The van der Waals surface area contributed by atoms with Gasteiger partial charge < -0.3 is 0 Å². The fraction of sp³-hybridized carbons (Fsp3) is 0.133. The largest absolute Gasteiger partial charge is 0.238 e. The molecule has 19 heavy (non-hydrogen) atoms. The van der Waals surface area contributed by atoms with Gasteiger partial charge in [0.25, 0.3) is 0 Å². The lowest BCUT2D eigenvalue weighted by Gasteiger charge is -2.12. The summed E-state index contributed by atoms with van der Waals surface area (Å²) in [5, 5.41) is 4.65. The van der Waals surface area contributed by atoms with Crippen LogP contribution in [0.4, 0.5) is 17.1 Å². The third-order valence-corrected chi connectivity index (χ3v) is 4.18. The van der Waals surface area contributed by atoms with E-state index in [4.69, 9.17) is 6.57 Å². The average molecular weight is 266 g/mol. The summed E-state index contributed by atoms with van der Waals surface area (Å²) in [6.45, 7) is 9.17. The predicted octanol–water partition coefficient (Wildman–Crippen LogP) is 5.04. The Morgan fingerprint density at radius 2 is 2.05 bits per heavy atom. The van der Waals surface area contributed by atoms with E-state index >= 15 is 0 Å². The van der Waals surface area contributed by atoms with Gasteiger partial charge in [-0.15, -0.1) is 0 Å². The molecule has 0 unspecified atom stereocenters. The van der Waals surface area contributed by atoms with E-state index in [-0.39, 0.29) is 0 Å². The normalized spacial score (nSPS) is 13.4. The summed E-state index contributed by atoms with van der Waals surface area (Å²) in [6.07, 6.45) is 0. The van der Waals surface area contributed by atoms with Crippen molar-refractivity contribution in [3.63, 3.8) is 0 Å². The van der Waals surface area contributed by atoms with Crippen molar-refractivity contribution in [2.24, 2.45) is 5.11 Å². The van der Waals surface area contributed by atoms with Gasteiger partial charge >= 0.3 is 0 Å². The molecular weight excluding hydrogens is 254 g/mol. The molecule has 1 aliphatic rings. The van der Waals surface area contributed by atoms with Crippen LogP contribution in [-0.2, 0) is 0 Å². The van der Waals surface area contributed by atoms with Gasteiger partial charge in [-0.05, 0) is 18.6 Å². The van der Waals surface area contributed by atoms with E-state index in [9.17, 15) is 0 Å². The molecule has 0 N–H and O–H groups in total. The second kappa shape index (κ2) is 4.87. The van der Waals surface area contributed by atoms with E-state index in [1.807, 2.05) is 54.1 Å². The molecule has 0 aromatic heterocycles. The first-order chi connectivity index (χ1) is 9.28. The van der Waals surface area contributed by atoms with E-state index in [2.05, 4.69) is 9.96 Å². The Morgan fingerprint density at radius 1 is 1.26 bits per heavy atom. The highest BCUT2D eigenvalue weighted by atomic mass is 32.2. The molecule has 1 aliphatic heterocycles. The standard InChI is InChI=1S/C15H12N3S/c1-11-8-12(16-2)9-14-15(11)19-10-18(17-14)13-6-4-3-5-7-13/h3-9H,10H2,1H3/q+1. The summed E-state index contributed by atoms with van der Waals surface area (Å²) in [7, 11) is 0. The minimum absolute atomic E-state index is 0.649. The van der Waals surface area contributed by atoms with Crippen LogP contribution in [0, 0.1) is 13.5 Å². The molecule has 0 saturated carbocycles. The molecule has 0 atom stereocenters. The molecule has 0 spiro atoms. The summed E-state index contributed by atoms with van der Waals surface area (Å²) in [4.78, 5) is 4.68. The maximum absolute atomic E-state index is 7.14. The van der Waals surface area contributed by atoms with E-state index in [1.165, 1.54) is 4.90 Å². The molecule has 3 nitrogen and oxygen atoms in total. The van der Waals surface area contributed by atoms with Crippen molar-refractivity contribution in [3.05, 3.63) is 59.4 Å². The second-order valence-corrected chi connectivity index (χ2v) is 5.29. The smallest absolute Gasteiger partial charge is 0.232 e. The van der Waals surface area contributed by atoms with Gasteiger partial charge in [-0.2, -0.15) is 0 Å². The SMILES string of the molecule is [C-]#[N+]c1cc(C)c2c(c1)N=[N+](c1ccccc1)CS2. The Bertz CT molecular complexity index is 699. The van der Waals surface area contributed by atoms with Crippen LogP contribution in [0.3, 0.4) is 0 Å². The van der Waals surface area contributed by atoms with Crippen LogP contribution in [-0.4, -0.2) is 10.6 Å². The van der Waals surface area contributed by atoms with Crippen molar-refractivity contribution < 1.29 is 4.70 Å². The van der Waals surface area contributed by atoms with Gasteiger partial charge in [-0.25, -0.2) is 4.85 Å². The van der Waals surface area contributed by atoms with Gasteiger partial charge in [-0.1, -0.05) is 40.7 Å². The number of para-hydroxylation sites is 1. The lowest BCUT2D eigenvalue weighted by Crippen LogP contribution is -2.05. The van der Waals surface area contributed by atoms with Crippen LogP contribution >= 0.6 is 11.8 Å². The van der Waals surface area contributed by atoms with Crippen molar-refractivity contribution in [1.82, 2.24) is 0 Å². The Labute approximate surface area is 116 Å². The molecule has 0 aliphatic carbocycles. The maximum atomic E-state index is 7.14. The monoisotopic (exact) mass is 266 g/mol. The van der Waals surface area contributed by atoms with E-state index < -0.39 is 0 Å². The first-order valence-electron chi connectivity index (χ1n) is 5.97. The summed E-state index contributed by atoms with van der Waals surface area (Å²) < 4.78 is 1.97. The van der Waals surface area contributed by atoms with Gasteiger partial charge in [0.05, 0.1) is 6.57 Å². The number of fused-ring (bicyclic) bond motifs is 1. The first-order valence-corrected chi connectivity index (χ1v) is 6.95. The molecule has 0 amide bonds. The van der Waals surface area contributed by atoms with Crippen LogP contribution < -0.4 is 0 Å². The third-order valence-electron chi connectivity index (χ3n) is 2.98. The molecule has 92 valence electrons. The lowest BCUT2D eigenvalue weighted by molar-refractivity contribution is -0.488. The molecule has 0 saturated heterocycles. The van der Waals surface area contributed by atoms with Crippen LogP contribution in [0.1, 0.15) is 5.56 Å². The van der Waals surface area contributed by atoms with Crippen molar-refractivity contribution in [2.45, 2.75) is 11.8 Å². The summed E-state index contributed by atoms with van der Waals surface area (Å²) in [6, 6.07) is 13.9. The lowest BCUT2D eigenvalue weighted by atomic mass is 10.2. The van der Waals surface area contributed by atoms with Crippen molar-refractivity contribution in [3.8, 4) is 0 Å². The van der Waals surface area contributed by atoms with E-state index in [1.54, 1.807) is 11.8 Å². The number of hydrogen-bond acceptors (Lipinski definition) is 2. The molecule has 4 heteroatoms. The van der Waals surface area contributed by atoms with E-state index in [0.717, 1.165) is 22.8 Å². The summed E-state index contributed by atoms with van der Waals surface area (Å²) >= 11 is 1.77. The van der Waals surface area contributed by atoms with Crippen LogP contribution in [0.5, 0.6) is 0 Å². The Kier molecular flexibility index (Phi) is 3.06. The Morgan fingerprint density at radius 3 is 2.79 bits per heavy atom. The fourth-order valence-electron chi connectivity index (χ4n) is 2.08. The molecule has 0 bridgehead atoms. The van der Waals surface area contributed by atoms with Gasteiger partial charge in [0, 0.05) is 22.1 Å². The topological polar surface area (TPSA) is 19.7 Å². The van der Waals surface area contributed by atoms with Crippen molar-refractivity contribution in [1.29, 1.82) is 0 Å². The second-order valence-electron chi connectivity index (χ2n) is 4.33. The zero-order valence-corrected chi connectivity index (χ0v) is 11.3. The number of thioether (sulfide) groups is 1. The van der Waals surface area contributed by atoms with Crippen molar-refractivity contribution in [2.75, 3.05) is 5.88 Å². The zero-order chi connectivity index (χ0) is 13.2. The molecule has 2 aromatic carbocycles. The van der Waals surface area contributed by atoms with Crippen LogP contribution in [0.2, 0.25) is 0 Å². The minimum Gasteiger partial charge on any atom is -0.238 e. The third kappa shape index (κ3) is 2.25.